The van der Waals surface area contributed by atoms with Crippen molar-refractivity contribution in [2.75, 3.05) is 13.6 Å². The minimum atomic E-state index is -0.0184. The Morgan fingerprint density at radius 1 is 1.03 bits per heavy atom. The second kappa shape index (κ2) is 10.6. The Hall–Kier alpha value is -2.96. The molecule has 2 aromatic carbocycles. The van der Waals surface area contributed by atoms with Gasteiger partial charge in [0.15, 0.2) is 5.69 Å². The molecule has 0 radical (unpaired) electrons. The first-order valence-corrected chi connectivity index (χ1v) is 11.6. The molecular weight excluding hydrogens is 398 g/mol. The Labute approximate surface area is 190 Å². The highest BCUT2D eigenvalue weighted by molar-refractivity contribution is 5.92. The van der Waals surface area contributed by atoms with Crippen LogP contribution >= 0.6 is 0 Å². The van der Waals surface area contributed by atoms with Crippen molar-refractivity contribution in [3.8, 4) is 5.69 Å². The molecule has 0 bridgehead atoms. The van der Waals surface area contributed by atoms with Gasteiger partial charge in [0, 0.05) is 31.4 Å². The molecule has 1 aliphatic rings. The van der Waals surface area contributed by atoms with Gasteiger partial charge in [-0.05, 0) is 49.9 Å². The SMILES string of the molecule is Cc1cc(C(=O)N(C)CCCCCC2CC(c3ccccc3)NN2)nn1-c1ccccc1. The third-order valence-electron chi connectivity index (χ3n) is 6.18. The lowest BCUT2D eigenvalue weighted by Crippen LogP contribution is -2.31. The predicted octanol–water partition coefficient (Wildman–Crippen LogP) is 4.42. The number of amides is 1. The van der Waals surface area contributed by atoms with Crippen molar-refractivity contribution in [1.29, 1.82) is 0 Å². The van der Waals surface area contributed by atoms with Gasteiger partial charge in [-0.3, -0.25) is 15.6 Å². The van der Waals surface area contributed by atoms with E-state index in [1.54, 1.807) is 4.90 Å². The Balaban J connectivity index is 1.18. The molecule has 0 saturated carbocycles. The number of carbonyl (C=O) groups excluding carboxylic acids is 1. The Morgan fingerprint density at radius 3 is 2.50 bits per heavy atom. The maximum absolute atomic E-state index is 12.8. The Kier molecular flexibility index (Phi) is 7.35. The minimum Gasteiger partial charge on any atom is -0.340 e. The molecule has 32 heavy (non-hydrogen) atoms. The lowest BCUT2D eigenvalue weighted by atomic mass is 9.99. The van der Waals surface area contributed by atoms with E-state index in [9.17, 15) is 4.79 Å². The summed E-state index contributed by atoms with van der Waals surface area (Å²) in [6.45, 7) is 2.73. The third-order valence-corrected chi connectivity index (χ3v) is 6.18. The molecule has 1 aromatic heterocycles. The lowest BCUT2D eigenvalue weighted by Gasteiger charge is -2.16. The van der Waals surface area contributed by atoms with Crippen molar-refractivity contribution < 1.29 is 4.79 Å². The Morgan fingerprint density at radius 2 is 1.75 bits per heavy atom. The van der Waals surface area contributed by atoms with Crippen LogP contribution in [0.4, 0.5) is 0 Å². The summed E-state index contributed by atoms with van der Waals surface area (Å²) < 4.78 is 1.83. The zero-order valence-corrected chi connectivity index (χ0v) is 19.0. The van der Waals surface area contributed by atoms with Crippen molar-refractivity contribution in [3.63, 3.8) is 0 Å². The number of unbranched alkanes of at least 4 members (excludes halogenated alkanes) is 2. The molecule has 1 saturated heterocycles. The van der Waals surface area contributed by atoms with E-state index in [4.69, 9.17) is 0 Å². The Bertz CT molecular complexity index is 1000. The molecule has 2 N–H and O–H groups in total. The molecule has 1 fully saturated rings. The number of hydrazine groups is 1. The molecule has 3 aromatic rings. The third kappa shape index (κ3) is 5.44. The van der Waals surface area contributed by atoms with Gasteiger partial charge >= 0.3 is 0 Å². The smallest absolute Gasteiger partial charge is 0.274 e. The molecule has 4 rings (SSSR count). The monoisotopic (exact) mass is 431 g/mol. The summed E-state index contributed by atoms with van der Waals surface area (Å²) in [4.78, 5) is 14.6. The molecule has 6 nitrogen and oxygen atoms in total. The molecule has 2 unspecified atom stereocenters. The number of aromatic nitrogens is 2. The number of nitrogens with one attached hydrogen (secondary N) is 2. The van der Waals surface area contributed by atoms with Crippen LogP contribution < -0.4 is 10.9 Å². The summed E-state index contributed by atoms with van der Waals surface area (Å²) in [7, 11) is 1.87. The first kappa shape index (κ1) is 22.2. The van der Waals surface area contributed by atoms with Crippen molar-refractivity contribution in [2.24, 2.45) is 0 Å². The van der Waals surface area contributed by atoms with Gasteiger partial charge in [0.1, 0.15) is 0 Å². The average Bonchev–Trinajstić information content (AvgIpc) is 3.46. The maximum Gasteiger partial charge on any atom is 0.274 e. The molecule has 2 heterocycles. The number of para-hydroxylation sites is 1. The molecular formula is C26H33N5O. The van der Waals surface area contributed by atoms with Gasteiger partial charge < -0.3 is 4.90 Å². The van der Waals surface area contributed by atoms with Crippen LogP contribution in [0.2, 0.25) is 0 Å². The van der Waals surface area contributed by atoms with E-state index >= 15 is 0 Å². The van der Waals surface area contributed by atoms with E-state index in [1.807, 2.05) is 55.1 Å². The molecule has 1 amide bonds. The largest absolute Gasteiger partial charge is 0.340 e. The van der Waals surface area contributed by atoms with E-state index in [0.29, 0.717) is 17.8 Å². The van der Waals surface area contributed by atoms with E-state index < -0.39 is 0 Å². The topological polar surface area (TPSA) is 62.2 Å². The van der Waals surface area contributed by atoms with Crippen LogP contribution in [0.25, 0.3) is 5.69 Å². The normalized spacial score (nSPS) is 18.1. The second-order valence-corrected chi connectivity index (χ2v) is 8.68. The molecule has 168 valence electrons. The first-order chi connectivity index (χ1) is 15.6. The summed E-state index contributed by atoms with van der Waals surface area (Å²) in [6.07, 6.45) is 5.54. The van der Waals surface area contributed by atoms with Gasteiger partial charge in [0.25, 0.3) is 5.91 Å². The van der Waals surface area contributed by atoms with E-state index in [-0.39, 0.29) is 5.91 Å². The van der Waals surface area contributed by atoms with Gasteiger partial charge in [-0.2, -0.15) is 5.10 Å². The fourth-order valence-corrected chi connectivity index (χ4v) is 4.34. The highest BCUT2D eigenvalue weighted by Gasteiger charge is 2.24. The van der Waals surface area contributed by atoms with Crippen molar-refractivity contribution in [3.05, 3.63) is 83.7 Å². The number of benzene rings is 2. The summed E-state index contributed by atoms with van der Waals surface area (Å²) in [6, 6.07) is 23.3. The molecule has 0 aliphatic carbocycles. The van der Waals surface area contributed by atoms with Gasteiger partial charge in [0.05, 0.1) is 5.69 Å². The van der Waals surface area contributed by atoms with Gasteiger partial charge in [-0.25, -0.2) is 4.68 Å². The molecule has 6 heteroatoms. The van der Waals surface area contributed by atoms with E-state index in [0.717, 1.165) is 50.0 Å². The summed E-state index contributed by atoms with van der Waals surface area (Å²) in [5.74, 6) is -0.0184. The van der Waals surface area contributed by atoms with Crippen molar-refractivity contribution in [2.45, 2.75) is 51.1 Å². The summed E-state index contributed by atoms with van der Waals surface area (Å²) in [5, 5.41) is 4.54. The van der Waals surface area contributed by atoms with Crippen molar-refractivity contribution >= 4 is 5.91 Å². The molecule has 1 aliphatic heterocycles. The quantitative estimate of drug-likeness (QED) is 0.492. The van der Waals surface area contributed by atoms with Gasteiger partial charge in [-0.15, -0.1) is 0 Å². The number of carbonyl (C=O) groups is 1. The van der Waals surface area contributed by atoms with E-state index in [2.05, 4.69) is 46.3 Å². The maximum atomic E-state index is 12.8. The van der Waals surface area contributed by atoms with Crippen LogP contribution in [0.1, 0.15) is 59.9 Å². The number of hydrogen-bond donors (Lipinski definition) is 2. The van der Waals surface area contributed by atoms with Gasteiger partial charge in [-0.1, -0.05) is 61.4 Å². The zero-order chi connectivity index (χ0) is 22.3. The second-order valence-electron chi connectivity index (χ2n) is 8.68. The summed E-state index contributed by atoms with van der Waals surface area (Å²) in [5.41, 5.74) is 10.6. The average molecular weight is 432 g/mol. The highest BCUT2D eigenvalue weighted by Crippen LogP contribution is 2.24. The van der Waals surface area contributed by atoms with Crippen LogP contribution in [0.15, 0.2) is 66.7 Å². The fourth-order valence-electron chi connectivity index (χ4n) is 4.34. The number of aryl methyl sites for hydroxylation is 1. The van der Waals surface area contributed by atoms with Crippen LogP contribution in [-0.4, -0.2) is 40.2 Å². The van der Waals surface area contributed by atoms with Crippen LogP contribution in [-0.2, 0) is 0 Å². The number of hydrogen-bond acceptors (Lipinski definition) is 4. The summed E-state index contributed by atoms with van der Waals surface area (Å²) >= 11 is 0. The lowest BCUT2D eigenvalue weighted by molar-refractivity contribution is 0.0786. The van der Waals surface area contributed by atoms with Crippen LogP contribution in [0, 0.1) is 6.92 Å². The van der Waals surface area contributed by atoms with Crippen molar-refractivity contribution in [1.82, 2.24) is 25.5 Å². The van der Waals surface area contributed by atoms with E-state index in [1.165, 1.54) is 5.56 Å². The van der Waals surface area contributed by atoms with Crippen LogP contribution in [0.5, 0.6) is 0 Å². The molecule has 0 spiro atoms. The number of nitrogens with zero attached hydrogens (tertiary/aromatic N) is 3. The predicted molar refractivity (Wildman–Crippen MR) is 128 cm³/mol. The standard InChI is InChI=1S/C26H33N5O/c1-20-18-25(29-31(20)23-15-9-4-10-16-23)26(32)30(2)17-11-5-8-14-22-19-24(28-27-22)21-12-6-3-7-13-21/h3-4,6-7,9-10,12-13,15-16,18,22,24,27-28H,5,8,11,14,17,19H2,1-2H3. The zero-order valence-electron chi connectivity index (χ0n) is 19.0. The van der Waals surface area contributed by atoms with Gasteiger partial charge in [0.2, 0.25) is 0 Å². The minimum absolute atomic E-state index is 0.0184. The molecule has 2 atom stereocenters. The fraction of sp³-hybridized carbons (Fsp3) is 0.385. The highest BCUT2D eigenvalue weighted by atomic mass is 16.2. The first-order valence-electron chi connectivity index (χ1n) is 11.6. The van der Waals surface area contributed by atoms with Crippen LogP contribution in [0.3, 0.4) is 0 Å². The number of rotatable bonds is 9.